The summed E-state index contributed by atoms with van der Waals surface area (Å²) >= 11 is 0. The molecule has 0 N–H and O–H groups in total. The molecule has 2 aromatic carbocycles. The van der Waals surface area contributed by atoms with Gasteiger partial charge in [-0.05, 0) is 61.4 Å². The van der Waals surface area contributed by atoms with Crippen molar-refractivity contribution in [2.45, 2.75) is 39.2 Å². The van der Waals surface area contributed by atoms with Crippen molar-refractivity contribution < 1.29 is 9.59 Å². The molecule has 2 aliphatic heterocycles. The van der Waals surface area contributed by atoms with Gasteiger partial charge < -0.3 is 14.7 Å². The number of fused-ring (bicyclic) bond motifs is 1. The Morgan fingerprint density at radius 2 is 1.58 bits per heavy atom. The quantitative estimate of drug-likeness (QED) is 0.768. The lowest BCUT2D eigenvalue weighted by Gasteiger charge is -2.42. The van der Waals surface area contributed by atoms with Crippen LogP contribution in [0.5, 0.6) is 0 Å². The van der Waals surface area contributed by atoms with Crippen molar-refractivity contribution in [3.05, 3.63) is 64.7 Å². The summed E-state index contributed by atoms with van der Waals surface area (Å²) in [5.74, 6) is 0.380. The lowest BCUT2D eigenvalue weighted by Crippen LogP contribution is -2.54. The van der Waals surface area contributed by atoms with Crippen LogP contribution in [0.3, 0.4) is 0 Å². The second kappa shape index (κ2) is 8.03. The highest BCUT2D eigenvalue weighted by molar-refractivity contribution is 5.91. The Morgan fingerprint density at radius 3 is 2.32 bits per heavy atom. The van der Waals surface area contributed by atoms with Gasteiger partial charge in [0.05, 0.1) is 0 Å². The molecule has 2 amide bonds. The molecule has 1 unspecified atom stereocenters. The second-order valence-electron chi connectivity index (χ2n) is 9.19. The molecule has 5 heteroatoms. The van der Waals surface area contributed by atoms with E-state index in [0.29, 0.717) is 19.6 Å². The largest absolute Gasteiger partial charge is 0.368 e. The van der Waals surface area contributed by atoms with Gasteiger partial charge in [0.15, 0.2) is 0 Å². The Kier molecular flexibility index (Phi) is 5.20. The number of carbonyl (C=O) groups is 2. The molecule has 5 rings (SSSR count). The minimum atomic E-state index is -0.467. The number of hydrogen-bond acceptors (Lipinski definition) is 3. The van der Waals surface area contributed by atoms with E-state index in [1.165, 1.54) is 22.4 Å². The molecule has 1 aliphatic carbocycles. The van der Waals surface area contributed by atoms with Crippen molar-refractivity contribution in [1.29, 1.82) is 0 Å². The minimum absolute atomic E-state index is 0.0850. The highest BCUT2D eigenvalue weighted by Gasteiger charge is 2.43. The number of piperazine rings is 1. The molecule has 31 heavy (non-hydrogen) atoms. The van der Waals surface area contributed by atoms with E-state index in [4.69, 9.17) is 0 Å². The van der Waals surface area contributed by atoms with Gasteiger partial charge in [0.1, 0.15) is 6.04 Å². The maximum atomic E-state index is 13.8. The summed E-state index contributed by atoms with van der Waals surface area (Å²) in [5.41, 5.74) is 6.09. The van der Waals surface area contributed by atoms with E-state index < -0.39 is 6.04 Å². The van der Waals surface area contributed by atoms with E-state index in [1.54, 1.807) is 0 Å². The third-order valence-electron chi connectivity index (χ3n) is 7.24. The molecule has 0 spiro atoms. The molecule has 1 saturated carbocycles. The van der Waals surface area contributed by atoms with E-state index in [1.807, 2.05) is 28.0 Å². The van der Waals surface area contributed by atoms with Crippen molar-refractivity contribution in [2.24, 2.45) is 5.92 Å². The normalized spacial score (nSPS) is 21.1. The molecule has 1 saturated heterocycles. The first-order valence-corrected chi connectivity index (χ1v) is 11.5. The molecular weight excluding hydrogens is 386 g/mol. The van der Waals surface area contributed by atoms with Crippen LogP contribution >= 0.6 is 0 Å². The van der Waals surface area contributed by atoms with Crippen molar-refractivity contribution in [1.82, 2.24) is 9.80 Å². The zero-order valence-electron chi connectivity index (χ0n) is 18.5. The van der Waals surface area contributed by atoms with E-state index in [2.05, 4.69) is 43.0 Å². The minimum Gasteiger partial charge on any atom is -0.368 e. The number of nitrogens with zero attached hydrogens (tertiary/aromatic N) is 3. The molecule has 5 nitrogen and oxygen atoms in total. The summed E-state index contributed by atoms with van der Waals surface area (Å²) in [6.45, 7) is 7.98. The zero-order chi connectivity index (χ0) is 21.5. The maximum Gasteiger partial charge on any atom is 0.250 e. The summed E-state index contributed by atoms with van der Waals surface area (Å²) in [5, 5.41) is 0. The van der Waals surface area contributed by atoms with Gasteiger partial charge in [0.25, 0.3) is 0 Å². The van der Waals surface area contributed by atoms with Crippen molar-refractivity contribution in [3.8, 4) is 0 Å². The molecule has 2 heterocycles. The number of benzene rings is 2. The first-order chi connectivity index (χ1) is 15.0. The van der Waals surface area contributed by atoms with Gasteiger partial charge >= 0.3 is 0 Å². The van der Waals surface area contributed by atoms with Crippen molar-refractivity contribution in [3.63, 3.8) is 0 Å². The van der Waals surface area contributed by atoms with E-state index in [0.717, 1.165) is 37.9 Å². The fourth-order valence-electron chi connectivity index (χ4n) is 5.05. The smallest absolute Gasteiger partial charge is 0.250 e. The number of rotatable bonds is 3. The van der Waals surface area contributed by atoms with Gasteiger partial charge in [-0.1, -0.05) is 36.4 Å². The van der Waals surface area contributed by atoms with Gasteiger partial charge in [-0.15, -0.1) is 0 Å². The lowest BCUT2D eigenvalue weighted by atomic mass is 9.91. The number of carbonyl (C=O) groups excluding carboxylic acids is 2. The van der Waals surface area contributed by atoms with Crippen LogP contribution in [0, 0.1) is 19.8 Å². The average Bonchev–Trinajstić information content (AvgIpc) is 3.65. The number of aryl methyl sites for hydroxylation is 1. The van der Waals surface area contributed by atoms with Crippen LogP contribution in [0.1, 0.15) is 41.1 Å². The third-order valence-corrected chi connectivity index (χ3v) is 7.24. The van der Waals surface area contributed by atoms with Crippen LogP contribution in [-0.2, 0) is 16.0 Å². The standard InChI is InChI=1S/C26H31N3O2/c1-18-6-5-9-23(19(18)2)27-14-16-28(17-15-27)26(31)24-22-8-4-3-7-20(22)12-13-29(24)25(30)21-10-11-21/h3-9,21,24H,10-17H2,1-2H3. The molecule has 0 radical (unpaired) electrons. The van der Waals surface area contributed by atoms with E-state index >= 15 is 0 Å². The lowest BCUT2D eigenvalue weighted by molar-refractivity contribution is -0.147. The Labute approximate surface area is 184 Å². The van der Waals surface area contributed by atoms with Crippen LogP contribution in [-0.4, -0.2) is 54.3 Å². The van der Waals surface area contributed by atoms with Crippen LogP contribution in [0.25, 0.3) is 0 Å². The van der Waals surface area contributed by atoms with Crippen LogP contribution in [0.15, 0.2) is 42.5 Å². The van der Waals surface area contributed by atoms with Crippen LogP contribution < -0.4 is 4.90 Å². The number of hydrogen-bond donors (Lipinski definition) is 0. The second-order valence-corrected chi connectivity index (χ2v) is 9.19. The molecule has 2 aromatic rings. The van der Waals surface area contributed by atoms with Crippen molar-refractivity contribution in [2.75, 3.05) is 37.6 Å². The van der Waals surface area contributed by atoms with Gasteiger partial charge in [-0.25, -0.2) is 0 Å². The molecule has 0 aromatic heterocycles. The van der Waals surface area contributed by atoms with Gasteiger partial charge in [-0.3, -0.25) is 9.59 Å². The summed E-state index contributed by atoms with van der Waals surface area (Å²) in [6.07, 6.45) is 2.76. The average molecular weight is 418 g/mol. The Morgan fingerprint density at radius 1 is 0.839 bits per heavy atom. The highest BCUT2D eigenvalue weighted by atomic mass is 16.2. The summed E-state index contributed by atoms with van der Waals surface area (Å²) in [6, 6.07) is 14.1. The number of anilines is 1. The summed E-state index contributed by atoms with van der Waals surface area (Å²) in [7, 11) is 0. The predicted octanol–water partition coefficient (Wildman–Crippen LogP) is 3.49. The number of amides is 2. The van der Waals surface area contributed by atoms with E-state index in [-0.39, 0.29) is 17.7 Å². The SMILES string of the molecule is Cc1cccc(N2CCN(C(=O)C3c4ccccc4CCN3C(=O)C3CC3)CC2)c1C. The van der Waals surface area contributed by atoms with Gasteiger partial charge in [-0.2, -0.15) is 0 Å². The Hall–Kier alpha value is -2.82. The fraction of sp³-hybridized carbons (Fsp3) is 0.462. The van der Waals surface area contributed by atoms with Gasteiger partial charge in [0.2, 0.25) is 11.8 Å². The summed E-state index contributed by atoms with van der Waals surface area (Å²) in [4.78, 5) is 33.0. The topological polar surface area (TPSA) is 43.9 Å². The monoisotopic (exact) mass is 417 g/mol. The molecule has 2 fully saturated rings. The molecule has 0 bridgehead atoms. The molecule has 3 aliphatic rings. The van der Waals surface area contributed by atoms with Gasteiger partial charge in [0, 0.05) is 44.3 Å². The Bertz CT molecular complexity index is 1010. The molecular formula is C26H31N3O2. The first kappa shape index (κ1) is 20.1. The molecule has 162 valence electrons. The van der Waals surface area contributed by atoms with E-state index in [9.17, 15) is 9.59 Å². The first-order valence-electron chi connectivity index (χ1n) is 11.5. The Balaban J connectivity index is 1.36. The summed E-state index contributed by atoms with van der Waals surface area (Å²) < 4.78 is 0. The maximum absolute atomic E-state index is 13.8. The van der Waals surface area contributed by atoms with Crippen LogP contribution in [0.4, 0.5) is 5.69 Å². The highest BCUT2D eigenvalue weighted by Crippen LogP contribution is 2.38. The molecule has 1 atom stereocenters. The zero-order valence-corrected chi connectivity index (χ0v) is 18.5. The third kappa shape index (κ3) is 3.71. The predicted molar refractivity (Wildman–Crippen MR) is 122 cm³/mol. The fourth-order valence-corrected chi connectivity index (χ4v) is 5.05. The van der Waals surface area contributed by atoms with Crippen LogP contribution in [0.2, 0.25) is 0 Å². The van der Waals surface area contributed by atoms with Crippen molar-refractivity contribution >= 4 is 17.5 Å².